The molecule has 306 valence electrons. The van der Waals surface area contributed by atoms with Gasteiger partial charge >= 0.3 is 0 Å². The molecule has 0 bridgehead atoms. The van der Waals surface area contributed by atoms with Gasteiger partial charge in [0, 0.05) is 43.9 Å². The third-order valence-corrected chi connectivity index (χ3v) is 13.4. The number of aldehydes is 1. The van der Waals surface area contributed by atoms with E-state index in [1.54, 1.807) is 40.2 Å². The molecule has 1 fully saturated rings. The number of ether oxygens (including phenoxy) is 6. The highest BCUT2D eigenvalue weighted by Gasteiger charge is 2.45. The van der Waals surface area contributed by atoms with Gasteiger partial charge in [0.2, 0.25) is 0 Å². The average molecular weight is 839 g/mol. The topological polar surface area (TPSA) is 92.7 Å². The highest BCUT2D eigenvalue weighted by atomic mass is 32.2. The maximum Gasteiger partial charge on any atom is 0.184 e. The minimum absolute atomic E-state index is 0.135. The number of thioether (sulfide) groups is 2. The minimum Gasteiger partial charge on any atom is -0.497 e. The Morgan fingerprint density at radius 3 is 1.78 bits per heavy atom. The van der Waals surface area contributed by atoms with Gasteiger partial charge in [-0.3, -0.25) is 4.79 Å². The molecule has 9 rings (SSSR count). The van der Waals surface area contributed by atoms with Crippen LogP contribution in [-0.2, 0) is 15.1 Å². The summed E-state index contributed by atoms with van der Waals surface area (Å²) in [6.07, 6.45) is 0.535. The van der Waals surface area contributed by atoms with Crippen molar-refractivity contribution in [1.82, 2.24) is 0 Å². The van der Waals surface area contributed by atoms with Gasteiger partial charge in [0.1, 0.15) is 34.9 Å². The third kappa shape index (κ3) is 8.31. The molecule has 0 radical (unpaired) electrons. The van der Waals surface area contributed by atoms with Crippen molar-refractivity contribution in [1.29, 1.82) is 0 Å². The van der Waals surface area contributed by atoms with E-state index in [1.165, 1.54) is 27.2 Å². The molecule has 8 nitrogen and oxygen atoms in total. The smallest absolute Gasteiger partial charge is 0.184 e. The standard InChI is InChI=1S/C26H26O5S.C24H20O3S/c1-28-20-9-5-17(6-10-20)23-16-32-24-15-21(29-2)11-12-22(24)26(23,27)19-7-3-18(4-8-19)25-30-13-14-31-25;1-26-19-9-7-17(8-10-19)22-15-28-23-13-20(27-2)11-12-21(23)24(22)18-5-3-16(14-25)4-6-18/h3-12,15,23,25,27H,13-14,16H2,1-2H3;3-14H,15H2,1-2H3. The first-order chi connectivity index (χ1) is 29.4. The van der Waals surface area contributed by atoms with Crippen LogP contribution >= 0.6 is 23.5 Å². The molecule has 0 amide bonds. The van der Waals surface area contributed by atoms with E-state index in [2.05, 4.69) is 24.3 Å². The molecule has 0 aromatic heterocycles. The normalized spacial score (nSPS) is 18.4. The zero-order valence-corrected chi connectivity index (χ0v) is 35.5. The summed E-state index contributed by atoms with van der Waals surface area (Å²) in [4.78, 5) is 13.3. The first kappa shape index (κ1) is 41.3. The van der Waals surface area contributed by atoms with Crippen molar-refractivity contribution in [3.63, 3.8) is 0 Å². The van der Waals surface area contributed by atoms with Gasteiger partial charge in [0.05, 0.1) is 41.7 Å². The molecule has 2 unspecified atom stereocenters. The van der Waals surface area contributed by atoms with E-state index in [-0.39, 0.29) is 12.2 Å². The van der Waals surface area contributed by atoms with E-state index < -0.39 is 5.60 Å². The summed E-state index contributed by atoms with van der Waals surface area (Å²) < 4.78 is 32.7. The van der Waals surface area contributed by atoms with Crippen molar-refractivity contribution in [3.05, 3.63) is 178 Å². The van der Waals surface area contributed by atoms with E-state index in [9.17, 15) is 9.90 Å². The molecular weight excluding hydrogens is 793 g/mol. The molecule has 1 saturated heterocycles. The summed E-state index contributed by atoms with van der Waals surface area (Å²) >= 11 is 3.55. The molecule has 3 heterocycles. The highest BCUT2D eigenvalue weighted by molar-refractivity contribution is 8.00. The van der Waals surface area contributed by atoms with Crippen molar-refractivity contribution in [3.8, 4) is 23.0 Å². The van der Waals surface area contributed by atoms with E-state index in [4.69, 9.17) is 28.4 Å². The van der Waals surface area contributed by atoms with Gasteiger partial charge in [-0.1, -0.05) is 78.9 Å². The number of methoxy groups -OCH3 is 4. The van der Waals surface area contributed by atoms with Crippen LogP contribution in [0.5, 0.6) is 23.0 Å². The fourth-order valence-corrected chi connectivity index (χ4v) is 10.4. The van der Waals surface area contributed by atoms with E-state index >= 15 is 0 Å². The lowest BCUT2D eigenvalue weighted by Crippen LogP contribution is -2.39. The molecule has 3 aliphatic rings. The lowest BCUT2D eigenvalue weighted by atomic mass is 9.73. The maximum atomic E-state index is 12.4. The fourth-order valence-electron chi connectivity index (χ4n) is 7.94. The Bertz CT molecular complexity index is 2460. The van der Waals surface area contributed by atoms with Crippen LogP contribution in [0.4, 0.5) is 0 Å². The maximum absolute atomic E-state index is 12.4. The van der Waals surface area contributed by atoms with Crippen LogP contribution < -0.4 is 18.9 Å². The Balaban J connectivity index is 0.000000168. The number of carbonyl (C=O) groups is 1. The molecule has 60 heavy (non-hydrogen) atoms. The summed E-state index contributed by atoms with van der Waals surface area (Å²) in [5, 5.41) is 12.4. The van der Waals surface area contributed by atoms with E-state index in [0.717, 1.165) is 73.5 Å². The second-order valence-electron chi connectivity index (χ2n) is 14.4. The molecule has 6 aromatic rings. The number of hydrogen-bond donors (Lipinski definition) is 1. The second-order valence-corrected chi connectivity index (χ2v) is 16.5. The summed E-state index contributed by atoms with van der Waals surface area (Å²) in [6, 6.07) is 44.0. The van der Waals surface area contributed by atoms with Gasteiger partial charge in [-0.25, -0.2) is 0 Å². The molecule has 0 saturated carbocycles. The fraction of sp³-hybridized carbons (Fsp3) is 0.220. The van der Waals surface area contributed by atoms with Gasteiger partial charge in [-0.05, 0) is 93.6 Å². The summed E-state index contributed by atoms with van der Waals surface area (Å²) in [6.45, 7) is 1.20. The predicted octanol–water partition coefficient (Wildman–Crippen LogP) is 10.5. The predicted molar refractivity (Wildman–Crippen MR) is 238 cm³/mol. The van der Waals surface area contributed by atoms with Crippen LogP contribution in [0.25, 0.3) is 11.1 Å². The Hall–Kier alpha value is -5.49. The molecule has 6 aromatic carbocycles. The van der Waals surface area contributed by atoms with Crippen molar-refractivity contribution in [2.24, 2.45) is 0 Å². The Morgan fingerprint density at radius 1 is 0.617 bits per heavy atom. The summed E-state index contributed by atoms with van der Waals surface area (Å²) in [7, 11) is 6.68. The van der Waals surface area contributed by atoms with E-state index in [1.807, 2.05) is 121 Å². The van der Waals surface area contributed by atoms with Crippen LogP contribution in [0, 0.1) is 0 Å². The summed E-state index contributed by atoms with van der Waals surface area (Å²) in [5.41, 5.74) is 9.14. The van der Waals surface area contributed by atoms with Crippen LogP contribution in [-0.4, -0.2) is 64.6 Å². The van der Waals surface area contributed by atoms with Crippen LogP contribution in [0.1, 0.15) is 61.5 Å². The quantitative estimate of drug-likeness (QED) is 0.134. The Kier molecular flexibility index (Phi) is 12.7. The molecule has 3 aliphatic heterocycles. The largest absolute Gasteiger partial charge is 0.497 e. The Morgan fingerprint density at radius 2 is 1.17 bits per heavy atom. The van der Waals surface area contributed by atoms with Crippen LogP contribution in [0.2, 0.25) is 0 Å². The Labute approximate surface area is 359 Å². The zero-order valence-electron chi connectivity index (χ0n) is 33.9. The molecular formula is C50H46O8S2. The number of fused-ring (bicyclic) bond motifs is 2. The number of hydrogen-bond acceptors (Lipinski definition) is 10. The minimum atomic E-state index is -1.20. The number of aliphatic hydroxyl groups is 1. The first-order valence-electron chi connectivity index (χ1n) is 19.6. The number of carbonyl (C=O) groups excluding carboxylic acids is 1. The van der Waals surface area contributed by atoms with Gasteiger partial charge < -0.3 is 33.5 Å². The molecule has 2 atom stereocenters. The van der Waals surface area contributed by atoms with Crippen LogP contribution in [0.15, 0.2) is 143 Å². The van der Waals surface area contributed by atoms with Gasteiger partial charge in [-0.2, -0.15) is 0 Å². The van der Waals surface area contributed by atoms with Gasteiger partial charge in [0.15, 0.2) is 6.29 Å². The van der Waals surface area contributed by atoms with Crippen LogP contribution in [0.3, 0.4) is 0 Å². The lowest BCUT2D eigenvalue weighted by molar-refractivity contribution is -0.0442. The SMILES string of the molecule is COc1ccc(C2=C(c3ccc(C=O)cc3)c3ccc(OC)cc3SC2)cc1.COc1ccc(C2CSc3cc(OC)ccc3C2(O)c2ccc(C3OCCO3)cc2)cc1. The number of rotatable bonds is 10. The average Bonchev–Trinajstić information content (AvgIpc) is 3.87. The monoisotopic (exact) mass is 838 g/mol. The third-order valence-electron chi connectivity index (χ3n) is 11.2. The molecule has 0 aliphatic carbocycles. The van der Waals surface area contributed by atoms with Gasteiger partial charge in [0.25, 0.3) is 0 Å². The lowest BCUT2D eigenvalue weighted by Gasteiger charge is -2.42. The van der Waals surface area contributed by atoms with Crippen molar-refractivity contribution in [2.45, 2.75) is 27.6 Å². The number of benzene rings is 6. The molecule has 0 spiro atoms. The van der Waals surface area contributed by atoms with Crippen molar-refractivity contribution in [2.75, 3.05) is 53.2 Å². The summed E-state index contributed by atoms with van der Waals surface area (Å²) in [5.74, 6) is 4.74. The highest BCUT2D eigenvalue weighted by Crippen LogP contribution is 2.53. The first-order valence-corrected chi connectivity index (χ1v) is 21.6. The second kappa shape index (κ2) is 18.4. The van der Waals surface area contributed by atoms with Gasteiger partial charge in [-0.15, -0.1) is 23.5 Å². The van der Waals surface area contributed by atoms with Crippen molar-refractivity contribution < 1.29 is 38.3 Å². The van der Waals surface area contributed by atoms with E-state index in [0.29, 0.717) is 18.8 Å². The molecule has 10 heteroatoms. The molecule has 1 N–H and O–H groups in total. The zero-order chi connectivity index (χ0) is 41.6. The van der Waals surface area contributed by atoms with Crippen molar-refractivity contribution >= 4 is 41.0 Å².